The predicted molar refractivity (Wildman–Crippen MR) is 56.4 cm³/mol. The molecule has 1 aliphatic rings. The fourth-order valence-electron chi connectivity index (χ4n) is 1.45. The number of nitrogens with one attached hydrogen (secondary N) is 2. The lowest BCUT2D eigenvalue weighted by Crippen LogP contribution is -2.38. The third-order valence-electron chi connectivity index (χ3n) is 2.04. The van der Waals surface area contributed by atoms with Crippen LogP contribution in [0, 0.1) is 5.41 Å². The van der Waals surface area contributed by atoms with Crippen LogP contribution in [-0.4, -0.2) is 29.8 Å². The van der Waals surface area contributed by atoms with E-state index in [1.54, 1.807) is 0 Å². The number of hydrogen-bond donors (Lipinski definition) is 2. The van der Waals surface area contributed by atoms with Crippen LogP contribution in [-0.2, 0) is 0 Å². The third kappa shape index (κ3) is 3.59. The Morgan fingerprint density at radius 2 is 2.50 bits per heavy atom. The van der Waals surface area contributed by atoms with Crippen LogP contribution < -0.4 is 5.32 Å². The number of rotatable bonds is 4. The molecular formula is C9H18N2S. The Balaban J connectivity index is 2.15. The summed E-state index contributed by atoms with van der Waals surface area (Å²) >= 11 is 2.00. The zero-order valence-corrected chi connectivity index (χ0v) is 8.54. The molecule has 12 heavy (non-hydrogen) atoms. The first-order chi connectivity index (χ1) is 5.83. The average molecular weight is 186 g/mol. The minimum absolute atomic E-state index is 0.572. The van der Waals surface area contributed by atoms with Crippen molar-refractivity contribution >= 4 is 17.5 Å². The van der Waals surface area contributed by atoms with Gasteiger partial charge in [-0.25, -0.2) is 0 Å². The molecule has 0 spiro atoms. The zero-order chi connectivity index (χ0) is 8.81. The van der Waals surface area contributed by atoms with Gasteiger partial charge >= 0.3 is 0 Å². The largest absolute Gasteiger partial charge is 0.312 e. The number of hydrogen-bond acceptors (Lipinski definition) is 3. The van der Waals surface area contributed by atoms with Gasteiger partial charge in [0.1, 0.15) is 0 Å². The molecule has 0 aromatic rings. The minimum atomic E-state index is 0.572. The lowest BCUT2D eigenvalue weighted by Gasteiger charge is -2.23. The summed E-state index contributed by atoms with van der Waals surface area (Å²) in [5.74, 6) is 2.42. The molecule has 1 heterocycles. The first-order valence-electron chi connectivity index (χ1n) is 4.70. The van der Waals surface area contributed by atoms with E-state index in [1.165, 1.54) is 11.5 Å². The van der Waals surface area contributed by atoms with Gasteiger partial charge in [-0.3, -0.25) is 0 Å². The van der Waals surface area contributed by atoms with Crippen molar-refractivity contribution in [3.05, 3.63) is 0 Å². The monoisotopic (exact) mass is 186 g/mol. The second kappa shape index (κ2) is 5.60. The molecular weight excluding hydrogens is 168 g/mol. The highest BCUT2D eigenvalue weighted by Crippen LogP contribution is 2.11. The van der Waals surface area contributed by atoms with Crippen LogP contribution in [0.5, 0.6) is 0 Å². The molecule has 0 radical (unpaired) electrons. The molecule has 1 aliphatic heterocycles. The molecule has 2 nitrogen and oxygen atoms in total. The van der Waals surface area contributed by atoms with Crippen molar-refractivity contribution in [3.63, 3.8) is 0 Å². The Bertz CT molecular complexity index is 141. The van der Waals surface area contributed by atoms with E-state index in [2.05, 4.69) is 12.2 Å². The molecule has 0 saturated carbocycles. The molecule has 70 valence electrons. The first-order valence-corrected chi connectivity index (χ1v) is 5.85. The van der Waals surface area contributed by atoms with Crippen molar-refractivity contribution in [2.45, 2.75) is 32.2 Å². The highest BCUT2D eigenvalue weighted by Gasteiger charge is 2.13. The average Bonchev–Trinajstić information content (AvgIpc) is 2.06. The topological polar surface area (TPSA) is 35.9 Å². The van der Waals surface area contributed by atoms with Crippen LogP contribution >= 0.6 is 11.8 Å². The fourth-order valence-corrected chi connectivity index (χ4v) is 2.40. The van der Waals surface area contributed by atoms with E-state index in [1.807, 2.05) is 11.8 Å². The van der Waals surface area contributed by atoms with Crippen LogP contribution in [0.3, 0.4) is 0 Å². The van der Waals surface area contributed by atoms with Crippen molar-refractivity contribution in [2.75, 3.05) is 18.1 Å². The smallest absolute Gasteiger partial charge is 0.0210 e. The normalized spacial score (nSPS) is 23.9. The second-order valence-corrected chi connectivity index (χ2v) is 4.43. The molecule has 1 fully saturated rings. The van der Waals surface area contributed by atoms with Crippen LogP contribution in [0.15, 0.2) is 0 Å². The molecule has 1 saturated heterocycles. The molecule has 2 N–H and O–H groups in total. The van der Waals surface area contributed by atoms with Crippen LogP contribution in [0.2, 0.25) is 0 Å². The van der Waals surface area contributed by atoms with Crippen LogP contribution in [0.25, 0.3) is 0 Å². The van der Waals surface area contributed by atoms with Crippen LogP contribution in [0.4, 0.5) is 0 Å². The van der Waals surface area contributed by atoms with E-state index in [0.29, 0.717) is 6.04 Å². The summed E-state index contributed by atoms with van der Waals surface area (Å²) in [5, 5.41) is 11.1. The molecule has 0 bridgehead atoms. The maximum absolute atomic E-state index is 7.68. The summed E-state index contributed by atoms with van der Waals surface area (Å²) in [6.07, 6.45) is 3.04. The summed E-state index contributed by atoms with van der Waals surface area (Å²) in [4.78, 5) is 0. The van der Waals surface area contributed by atoms with Gasteiger partial charge in [-0.2, -0.15) is 11.8 Å². The Labute approximate surface area is 79.0 Å². The predicted octanol–water partition coefficient (Wildman–Crippen LogP) is 1.90. The van der Waals surface area contributed by atoms with E-state index in [-0.39, 0.29) is 0 Å². The molecule has 0 aliphatic carbocycles. The molecule has 1 rings (SSSR count). The summed E-state index contributed by atoms with van der Waals surface area (Å²) in [6.45, 7) is 3.26. The Morgan fingerprint density at radius 1 is 1.67 bits per heavy atom. The van der Waals surface area contributed by atoms with Crippen molar-refractivity contribution < 1.29 is 0 Å². The van der Waals surface area contributed by atoms with E-state index in [0.717, 1.165) is 31.5 Å². The second-order valence-electron chi connectivity index (χ2n) is 3.28. The van der Waals surface area contributed by atoms with Gasteiger partial charge in [0.15, 0.2) is 0 Å². The summed E-state index contributed by atoms with van der Waals surface area (Å²) in [7, 11) is 0. The van der Waals surface area contributed by atoms with E-state index in [9.17, 15) is 0 Å². The number of thioether (sulfide) groups is 1. The van der Waals surface area contributed by atoms with Gasteiger partial charge in [0, 0.05) is 36.2 Å². The Kier molecular flexibility index (Phi) is 4.69. The lowest BCUT2D eigenvalue weighted by molar-refractivity contribution is 0.578. The van der Waals surface area contributed by atoms with Crippen molar-refractivity contribution in [1.82, 2.24) is 5.32 Å². The van der Waals surface area contributed by atoms with Gasteiger partial charge < -0.3 is 10.7 Å². The zero-order valence-electron chi connectivity index (χ0n) is 7.73. The molecule has 1 unspecified atom stereocenters. The van der Waals surface area contributed by atoms with E-state index >= 15 is 0 Å². The summed E-state index contributed by atoms with van der Waals surface area (Å²) in [5.41, 5.74) is 0.914. The van der Waals surface area contributed by atoms with E-state index < -0.39 is 0 Å². The van der Waals surface area contributed by atoms with E-state index in [4.69, 9.17) is 5.41 Å². The van der Waals surface area contributed by atoms with Gasteiger partial charge in [-0.05, 0) is 6.42 Å². The molecule has 0 aromatic heterocycles. The standard InChI is InChI=1S/C9H18N2S/c1-2-3-8(10)6-9-7-12-5-4-11-9/h9-11H,2-7H2,1H3. The molecule has 0 aromatic carbocycles. The van der Waals surface area contributed by atoms with Gasteiger partial charge in [-0.1, -0.05) is 13.3 Å². The van der Waals surface area contributed by atoms with Crippen LogP contribution in [0.1, 0.15) is 26.2 Å². The third-order valence-corrected chi connectivity index (χ3v) is 3.17. The Morgan fingerprint density at radius 3 is 3.08 bits per heavy atom. The van der Waals surface area contributed by atoms with Crippen molar-refractivity contribution in [2.24, 2.45) is 0 Å². The maximum Gasteiger partial charge on any atom is 0.0210 e. The van der Waals surface area contributed by atoms with Gasteiger partial charge in [-0.15, -0.1) is 0 Å². The highest BCUT2D eigenvalue weighted by molar-refractivity contribution is 7.99. The summed E-state index contributed by atoms with van der Waals surface area (Å²) < 4.78 is 0. The van der Waals surface area contributed by atoms with Gasteiger partial charge in [0.05, 0.1) is 0 Å². The maximum atomic E-state index is 7.68. The Hall–Kier alpha value is -0.0200. The summed E-state index contributed by atoms with van der Waals surface area (Å²) in [6, 6.07) is 0.572. The molecule has 3 heteroatoms. The van der Waals surface area contributed by atoms with Crippen molar-refractivity contribution in [1.29, 1.82) is 5.41 Å². The van der Waals surface area contributed by atoms with Crippen molar-refractivity contribution in [3.8, 4) is 0 Å². The van der Waals surface area contributed by atoms with Gasteiger partial charge in [0.2, 0.25) is 0 Å². The molecule has 1 atom stereocenters. The highest BCUT2D eigenvalue weighted by atomic mass is 32.2. The lowest BCUT2D eigenvalue weighted by atomic mass is 10.1. The first kappa shape index (κ1) is 10.1. The molecule has 0 amide bonds. The van der Waals surface area contributed by atoms with Gasteiger partial charge in [0.25, 0.3) is 0 Å². The quantitative estimate of drug-likeness (QED) is 0.658. The minimum Gasteiger partial charge on any atom is -0.312 e. The fraction of sp³-hybridized carbons (Fsp3) is 0.889. The SMILES string of the molecule is CCCC(=N)CC1CSCCN1.